The predicted molar refractivity (Wildman–Crippen MR) is 99.6 cm³/mol. The Morgan fingerprint density at radius 2 is 1.84 bits per heavy atom. The lowest BCUT2D eigenvalue weighted by atomic mass is 10.2. The van der Waals surface area contributed by atoms with Gasteiger partial charge in [0.2, 0.25) is 0 Å². The first-order chi connectivity index (χ1) is 12.2. The van der Waals surface area contributed by atoms with Crippen molar-refractivity contribution in [3.8, 4) is 5.69 Å². The van der Waals surface area contributed by atoms with Crippen molar-refractivity contribution in [3.63, 3.8) is 0 Å². The van der Waals surface area contributed by atoms with Gasteiger partial charge in [-0.15, -0.1) is 0 Å². The fraction of sp³-hybridized carbons (Fsp3) is 0.350. The van der Waals surface area contributed by atoms with E-state index in [1.54, 1.807) is 12.5 Å². The highest BCUT2D eigenvalue weighted by atomic mass is 16.3. The van der Waals surface area contributed by atoms with Gasteiger partial charge in [0.15, 0.2) is 0 Å². The molecule has 2 aromatic heterocycles. The Balaban J connectivity index is 1.63. The lowest BCUT2D eigenvalue weighted by Gasteiger charge is -2.22. The molecule has 3 aromatic rings. The number of aromatic nitrogens is 2. The second-order valence-electron chi connectivity index (χ2n) is 6.56. The molecule has 0 aliphatic carbocycles. The summed E-state index contributed by atoms with van der Waals surface area (Å²) >= 11 is 0. The summed E-state index contributed by atoms with van der Waals surface area (Å²) in [5.41, 5.74) is 2.38. The van der Waals surface area contributed by atoms with Gasteiger partial charge in [0, 0.05) is 25.5 Å². The molecule has 0 radical (unpaired) electrons. The second-order valence-corrected chi connectivity index (χ2v) is 6.56. The maximum absolute atomic E-state index is 5.53. The monoisotopic (exact) mass is 338 g/mol. The standard InChI is InChI=1S/C20H26N4O/c1-22(2)12-5-13-23(17-20-6-3-15-25-20)16-18-7-9-19(10-8-18)24-14-4-11-21-24/h3-4,6-11,14-15H,5,12-13,16-17H2,1-2H3. The van der Waals surface area contributed by atoms with Crippen molar-refractivity contribution in [1.29, 1.82) is 0 Å². The van der Waals surface area contributed by atoms with Crippen LogP contribution in [0.4, 0.5) is 0 Å². The highest BCUT2D eigenvalue weighted by Crippen LogP contribution is 2.14. The Bertz CT molecular complexity index is 718. The minimum Gasteiger partial charge on any atom is -0.468 e. The molecule has 0 spiro atoms. The summed E-state index contributed by atoms with van der Waals surface area (Å²) in [4.78, 5) is 4.66. The van der Waals surface area contributed by atoms with Crippen molar-refractivity contribution < 1.29 is 4.42 Å². The molecule has 0 bridgehead atoms. The fourth-order valence-corrected chi connectivity index (χ4v) is 2.88. The Morgan fingerprint density at radius 3 is 2.48 bits per heavy atom. The summed E-state index contributed by atoms with van der Waals surface area (Å²) in [5, 5.41) is 4.27. The largest absolute Gasteiger partial charge is 0.468 e. The van der Waals surface area contributed by atoms with Crippen LogP contribution in [-0.4, -0.2) is 46.8 Å². The average molecular weight is 338 g/mol. The molecule has 5 nitrogen and oxygen atoms in total. The molecule has 0 N–H and O–H groups in total. The number of nitrogens with zero attached hydrogens (tertiary/aromatic N) is 4. The van der Waals surface area contributed by atoms with Crippen molar-refractivity contribution in [2.45, 2.75) is 19.5 Å². The molecule has 0 saturated heterocycles. The third-order valence-electron chi connectivity index (χ3n) is 4.15. The first-order valence-electron chi connectivity index (χ1n) is 8.69. The van der Waals surface area contributed by atoms with Gasteiger partial charge in [-0.25, -0.2) is 4.68 Å². The molecule has 1 aromatic carbocycles. The smallest absolute Gasteiger partial charge is 0.117 e. The summed E-state index contributed by atoms with van der Waals surface area (Å²) in [7, 11) is 4.23. The van der Waals surface area contributed by atoms with Gasteiger partial charge in [0.25, 0.3) is 0 Å². The summed E-state index contributed by atoms with van der Waals surface area (Å²) in [5.74, 6) is 1.01. The van der Waals surface area contributed by atoms with Crippen molar-refractivity contribution in [2.75, 3.05) is 27.2 Å². The zero-order valence-electron chi connectivity index (χ0n) is 15.0. The molecule has 0 amide bonds. The molecule has 0 fully saturated rings. The van der Waals surface area contributed by atoms with Gasteiger partial charge >= 0.3 is 0 Å². The van der Waals surface area contributed by atoms with Gasteiger partial charge in [0.05, 0.1) is 18.5 Å². The van der Waals surface area contributed by atoms with Crippen LogP contribution in [0, 0.1) is 0 Å². The van der Waals surface area contributed by atoms with E-state index in [0.717, 1.165) is 44.0 Å². The average Bonchev–Trinajstić information content (AvgIpc) is 3.29. The van der Waals surface area contributed by atoms with Crippen molar-refractivity contribution >= 4 is 0 Å². The molecule has 5 heteroatoms. The van der Waals surface area contributed by atoms with Crippen LogP contribution in [0.1, 0.15) is 17.7 Å². The quantitative estimate of drug-likeness (QED) is 0.599. The van der Waals surface area contributed by atoms with Crippen molar-refractivity contribution in [3.05, 3.63) is 72.4 Å². The minimum atomic E-state index is 0.835. The van der Waals surface area contributed by atoms with E-state index in [9.17, 15) is 0 Å². The van der Waals surface area contributed by atoms with Gasteiger partial charge in [-0.3, -0.25) is 4.90 Å². The maximum Gasteiger partial charge on any atom is 0.117 e. The van der Waals surface area contributed by atoms with Crippen LogP contribution >= 0.6 is 0 Å². The number of benzene rings is 1. The lowest BCUT2D eigenvalue weighted by molar-refractivity contribution is 0.222. The molecule has 25 heavy (non-hydrogen) atoms. The van der Waals surface area contributed by atoms with E-state index in [1.165, 1.54) is 5.56 Å². The summed E-state index contributed by atoms with van der Waals surface area (Å²) in [6.07, 6.45) is 6.63. The third-order valence-corrected chi connectivity index (χ3v) is 4.15. The minimum absolute atomic E-state index is 0.835. The van der Waals surface area contributed by atoms with Crippen LogP contribution in [0.3, 0.4) is 0 Å². The molecule has 0 unspecified atom stereocenters. The Hall–Kier alpha value is -2.37. The molecule has 0 saturated carbocycles. The molecule has 0 aliphatic heterocycles. The summed E-state index contributed by atoms with van der Waals surface area (Å²) < 4.78 is 7.41. The van der Waals surface area contributed by atoms with E-state index in [2.05, 4.69) is 53.3 Å². The van der Waals surface area contributed by atoms with Crippen LogP contribution in [0.2, 0.25) is 0 Å². The van der Waals surface area contributed by atoms with Crippen LogP contribution in [-0.2, 0) is 13.1 Å². The molecule has 0 atom stereocenters. The lowest BCUT2D eigenvalue weighted by Crippen LogP contribution is -2.26. The molecular formula is C20H26N4O. The van der Waals surface area contributed by atoms with Gasteiger partial charge < -0.3 is 9.32 Å². The Labute approximate surface area is 149 Å². The summed E-state index contributed by atoms with van der Waals surface area (Å²) in [6, 6.07) is 14.5. The van der Waals surface area contributed by atoms with Crippen molar-refractivity contribution in [1.82, 2.24) is 19.6 Å². The SMILES string of the molecule is CN(C)CCCN(Cc1ccc(-n2cccn2)cc1)Cc1ccco1. The predicted octanol–water partition coefficient (Wildman–Crippen LogP) is 3.42. The van der Waals surface area contributed by atoms with Gasteiger partial charge in [-0.1, -0.05) is 12.1 Å². The van der Waals surface area contributed by atoms with Gasteiger partial charge in [-0.05, 0) is 63.0 Å². The highest BCUT2D eigenvalue weighted by Gasteiger charge is 2.09. The molecular weight excluding hydrogens is 312 g/mol. The maximum atomic E-state index is 5.53. The molecule has 0 aliphatic rings. The molecule has 132 valence electrons. The van der Waals surface area contributed by atoms with Crippen LogP contribution in [0.5, 0.6) is 0 Å². The van der Waals surface area contributed by atoms with Crippen LogP contribution in [0.25, 0.3) is 5.69 Å². The number of furan rings is 1. The fourth-order valence-electron chi connectivity index (χ4n) is 2.88. The van der Waals surface area contributed by atoms with E-state index in [4.69, 9.17) is 4.42 Å². The Kier molecular flexibility index (Phi) is 6.04. The van der Waals surface area contributed by atoms with Crippen LogP contribution < -0.4 is 0 Å². The number of hydrogen-bond donors (Lipinski definition) is 0. The van der Waals surface area contributed by atoms with Gasteiger partial charge in [0.1, 0.15) is 5.76 Å². The van der Waals surface area contributed by atoms with E-state index < -0.39 is 0 Å². The highest BCUT2D eigenvalue weighted by molar-refractivity contribution is 5.33. The van der Waals surface area contributed by atoms with E-state index >= 15 is 0 Å². The second kappa shape index (κ2) is 8.65. The number of hydrogen-bond acceptors (Lipinski definition) is 4. The molecule has 2 heterocycles. The zero-order chi connectivity index (χ0) is 17.5. The van der Waals surface area contributed by atoms with Gasteiger partial charge in [-0.2, -0.15) is 5.10 Å². The summed E-state index contributed by atoms with van der Waals surface area (Å²) in [6.45, 7) is 3.88. The van der Waals surface area contributed by atoms with Crippen LogP contribution in [0.15, 0.2) is 65.5 Å². The molecule has 3 rings (SSSR count). The topological polar surface area (TPSA) is 37.4 Å². The third kappa shape index (κ3) is 5.31. The van der Waals surface area contributed by atoms with Crippen molar-refractivity contribution in [2.24, 2.45) is 0 Å². The normalized spacial score (nSPS) is 11.5. The zero-order valence-corrected chi connectivity index (χ0v) is 15.0. The van der Waals surface area contributed by atoms with E-state index in [1.807, 2.05) is 29.1 Å². The number of rotatable bonds is 9. The Morgan fingerprint density at radius 1 is 1.00 bits per heavy atom. The first-order valence-corrected chi connectivity index (χ1v) is 8.69. The van der Waals surface area contributed by atoms with E-state index in [-0.39, 0.29) is 0 Å². The first kappa shape index (κ1) is 17.5. The van der Waals surface area contributed by atoms with E-state index in [0.29, 0.717) is 0 Å².